The Morgan fingerprint density at radius 1 is 1.00 bits per heavy atom. The summed E-state index contributed by atoms with van der Waals surface area (Å²) in [5.41, 5.74) is 3.95. The van der Waals surface area contributed by atoms with E-state index < -0.39 is 0 Å². The van der Waals surface area contributed by atoms with Crippen LogP contribution in [0.1, 0.15) is 46.8 Å². The van der Waals surface area contributed by atoms with Crippen LogP contribution in [-0.2, 0) is 5.75 Å². The SMILES string of the molecule is Cc1cc(OC(=O)c2ccc(CSc3ccc(Cl)cc3)cc2)cc(C(C)C)c1. The molecule has 3 rings (SSSR count). The van der Waals surface area contributed by atoms with Crippen molar-refractivity contribution in [3.05, 3.63) is 94.0 Å². The predicted molar refractivity (Wildman–Crippen MR) is 118 cm³/mol. The summed E-state index contributed by atoms with van der Waals surface area (Å²) in [5.74, 6) is 1.47. The fraction of sp³-hybridized carbons (Fsp3) is 0.208. The average molecular weight is 411 g/mol. The van der Waals surface area contributed by atoms with Crippen molar-refractivity contribution in [1.82, 2.24) is 0 Å². The standard InChI is InChI=1S/C24H23ClO2S/c1-16(2)20-12-17(3)13-22(14-20)27-24(26)19-6-4-18(5-7-19)15-28-23-10-8-21(25)9-11-23/h4-14,16H,15H2,1-3H3. The Labute approximate surface area is 175 Å². The van der Waals surface area contributed by atoms with Gasteiger partial charge in [-0.25, -0.2) is 4.79 Å². The maximum atomic E-state index is 12.5. The van der Waals surface area contributed by atoms with Crippen molar-refractivity contribution in [3.63, 3.8) is 0 Å². The second-order valence-corrected chi connectivity index (χ2v) is 8.55. The average Bonchev–Trinajstić information content (AvgIpc) is 2.67. The number of halogens is 1. The molecule has 3 aromatic rings. The summed E-state index contributed by atoms with van der Waals surface area (Å²) >= 11 is 7.64. The largest absolute Gasteiger partial charge is 0.423 e. The number of carbonyl (C=O) groups excluding carboxylic acids is 1. The zero-order chi connectivity index (χ0) is 20.1. The minimum absolute atomic E-state index is 0.336. The summed E-state index contributed by atoms with van der Waals surface area (Å²) in [5, 5.41) is 0.737. The zero-order valence-electron chi connectivity index (χ0n) is 16.2. The summed E-state index contributed by atoms with van der Waals surface area (Å²) in [6.07, 6.45) is 0. The van der Waals surface area contributed by atoms with Gasteiger partial charge in [-0.3, -0.25) is 0 Å². The van der Waals surface area contributed by atoms with Crippen LogP contribution in [0.4, 0.5) is 0 Å². The Morgan fingerprint density at radius 3 is 2.32 bits per heavy atom. The molecule has 2 nitrogen and oxygen atoms in total. The third kappa shape index (κ3) is 5.63. The molecule has 0 aliphatic heterocycles. The van der Waals surface area contributed by atoms with Gasteiger partial charge in [0.05, 0.1) is 5.56 Å². The molecular weight excluding hydrogens is 388 g/mol. The predicted octanol–water partition coefficient (Wildman–Crippen LogP) is 7.28. The number of thioether (sulfide) groups is 1. The molecule has 0 aromatic heterocycles. The summed E-state index contributed by atoms with van der Waals surface area (Å²) in [4.78, 5) is 13.6. The Hall–Kier alpha value is -2.23. The molecule has 144 valence electrons. The van der Waals surface area contributed by atoms with Crippen molar-refractivity contribution < 1.29 is 9.53 Å². The van der Waals surface area contributed by atoms with Crippen LogP contribution < -0.4 is 4.74 Å². The number of hydrogen-bond acceptors (Lipinski definition) is 3. The van der Waals surface area contributed by atoms with E-state index in [1.165, 1.54) is 0 Å². The van der Waals surface area contributed by atoms with E-state index in [2.05, 4.69) is 19.9 Å². The molecule has 28 heavy (non-hydrogen) atoms. The van der Waals surface area contributed by atoms with Gasteiger partial charge in [-0.05, 0) is 78.1 Å². The van der Waals surface area contributed by atoms with Crippen LogP contribution in [0.15, 0.2) is 71.6 Å². The molecule has 0 radical (unpaired) electrons. The quantitative estimate of drug-likeness (QED) is 0.242. The normalized spacial score (nSPS) is 10.9. The Balaban J connectivity index is 1.63. The van der Waals surface area contributed by atoms with Crippen molar-refractivity contribution in [2.24, 2.45) is 0 Å². The summed E-state index contributed by atoms with van der Waals surface area (Å²) < 4.78 is 5.60. The second-order valence-electron chi connectivity index (χ2n) is 7.06. The first-order chi connectivity index (χ1) is 13.4. The zero-order valence-corrected chi connectivity index (χ0v) is 17.8. The number of ether oxygens (including phenoxy) is 1. The van der Waals surface area contributed by atoms with E-state index in [0.717, 1.165) is 32.4 Å². The fourth-order valence-corrected chi connectivity index (χ4v) is 3.75. The number of benzene rings is 3. The number of carbonyl (C=O) groups is 1. The smallest absolute Gasteiger partial charge is 0.343 e. The maximum Gasteiger partial charge on any atom is 0.343 e. The number of rotatable bonds is 6. The van der Waals surface area contributed by atoms with E-state index in [0.29, 0.717) is 17.2 Å². The third-order valence-corrected chi connectivity index (χ3v) is 5.69. The van der Waals surface area contributed by atoms with Gasteiger partial charge in [-0.15, -0.1) is 11.8 Å². The maximum absolute atomic E-state index is 12.5. The van der Waals surface area contributed by atoms with Gasteiger partial charge in [0.2, 0.25) is 0 Å². The van der Waals surface area contributed by atoms with Crippen LogP contribution in [0.5, 0.6) is 5.75 Å². The van der Waals surface area contributed by atoms with Crippen molar-refractivity contribution in [1.29, 1.82) is 0 Å². The van der Waals surface area contributed by atoms with Gasteiger partial charge in [0.25, 0.3) is 0 Å². The highest BCUT2D eigenvalue weighted by molar-refractivity contribution is 7.98. The highest BCUT2D eigenvalue weighted by Crippen LogP contribution is 2.25. The molecule has 0 saturated heterocycles. The lowest BCUT2D eigenvalue weighted by Gasteiger charge is -2.11. The Bertz CT molecular complexity index is 947. The highest BCUT2D eigenvalue weighted by Gasteiger charge is 2.11. The van der Waals surface area contributed by atoms with E-state index in [9.17, 15) is 4.79 Å². The first kappa shape index (κ1) is 20.5. The molecule has 0 bridgehead atoms. The molecule has 0 amide bonds. The van der Waals surface area contributed by atoms with Gasteiger partial charge >= 0.3 is 5.97 Å². The molecule has 4 heteroatoms. The monoisotopic (exact) mass is 410 g/mol. The number of esters is 1. The van der Waals surface area contributed by atoms with Gasteiger partial charge < -0.3 is 4.74 Å². The lowest BCUT2D eigenvalue weighted by molar-refractivity contribution is 0.0734. The molecule has 0 fully saturated rings. The lowest BCUT2D eigenvalue weighted by atomic mass is 10.0. The van der Waals surface area contributed by atoms with E-state index in [-0.39, 0.29) is 5.97 Å². The molecule has 0 N–H and O–H groups in total. The number of aryl methyl sites for hydroxylation is 1. The van der Waals surface area contributed by atoms with Gasteiger partial charge in [0, 0.05) is 15.7 Å². The van der Waals surface area contributed by atoms with Gasteiger partial charge in [0.1, 0.15) is 5.75 Å². The summed E-state index contributed by atoms with van der Waals surface area (Å²) in [6, 6.07) is 21.3. The molecule has 0 heterocycles. The Morgan fingerprint density at radius 2 is 1.68 bits per heavy atom. The van der Waals surface area contributed by atoms with Crippen LogP contribution >= 0.6 is 23.4 Å². The van der Waals surface area contributed by atoms with E-state index in [1.807, 2.05) is 67.6 Å². The van der Waals surface area contributed by atoms with E-state index >= 15 is 0 Å². The van der Waals surface area contributed by atoms with Crippen molar-refractivity contribution in [2.45, 2.75) is 37.3 Å². The molecule has 0 aliphatic rings. The van der Waals surface area contributed by atoms with Crippen LogP contribution in [0.2, 0.25) is 5.02 Å². The van der Waals surface area contributed by atoms with E-state index in [1.54, 1.807) is 11.8 Å². The molecule has 0 atom stereocenters. The first-order valence-corrected chi connectivity index (χ1v) is 10.6. The topological polar surface area (TPSA) is 26.3 Å². The van der Waals surface area contributed by atoms with Crippen LogP contribution in [0, 0.1) is 6.92 Å². The van der Waals surface area contributed by atoms with Crippen LogP contribution in [0.3, 0.4) is 0 Å². The molecule has 0 aliphatic carbocycles. The number of hydrogen-bond donors (Lipinski definition) is 0. The minimum atomic E-state index is -0.336. The summed E-state index contributed by atoms with van der Waals surface area (Å²) in [7, 11) is 0. The minimum Gasteiger partial charge on any atom is -0.423 e. The second kappa shape index (κ2) is 9.31. The van der Waals surface area contributed by atoms with Crippen molar-refractivity contribution in [2.75, 3.05) is 0 Å². The Kier molecular flexibility index (Phi) is 6.82. The molecule has 0 unspecified atom stereocenters. The van der Waals surface area contributed by atoms with Gasteiger partial charge in [0.15, 0.2) is 0 Å². The molecule has 3 aromatic carbocycles. The molecule has 0 spiro atoms. The lowest BCUT2D eigenvalue weighted by Crippen LogP contribution is -2.09. The van der Waals surface area contributed by atoms with Gasteiger partial charge in [-0.1, -0.05) is 43.6 Å². The molecular formula is C24H23ClO2S. The first-order valence-electron chi connectivity index (χ1n) is 9.22. The van der Waals surface area contributed by atoms with Crippen LogP contribution in [-0.4, -0.2) is 5.97 Å². The van der Waals surface area contributed by atoms with Gasteiger partial charge in [-0.2, -0.15) is 0 Å². The molecule has 0 saturated carbocycles. The highest BCUT2D eigenvalue weighted by atomic mass is 35.5. The van der Waals surface area contributed by atoms with Crippen molar-refractivity contribution in [3.8, 4) is 5.75 Å². The van der Waals surface area contributed by atoms with Crippen molar-refractivity contribution >= 4 is 29.3 Å². The fourth-order valence-electron chi connectivity index (χ4n) is 2.77. The summed E-state index contributed by atoms with van der Waals surface area (Å²) in [6.45, 7) is 6.26. The van der Waals surface area contributed by atoms with E-state index in [4.69, 9.17) is 16.3 Å². The third-order valence-electron chi connectivity index (χ3n) is 4.36. The van der Waals surface area contributed by atoms with Crippen LogP contribution in [0.25, 0.3) is 0 Å².